The number of urea groups is 1. The summed E-state index contributed by atoms with van der Waals surface area (Å²) in [6.45, 7) is 3.61. The van der Waals surface area contributed by atoms with Crippen LogP contribution in [0.3, 0.4) is 0 Å². The summed E-state index contributed by atoms with van der Waals surface area (Å²) in [5, 5.41) is 14.3. The minimum Gasteiger partial charge on any atom is -0.324 e. The summed E-state index contributed by atoms with van der Waals surface area (Å²) in [4.78, 5) is 22.1. The van der Waals surface area contributed by atoms with Gasteiger partial charge in [0.25, 0.3) is 0 Å². The molecule has 2 aromatic carbocycles. The predicted molar refractivity (Wildman–Crippen MR) is 137 cm³/mol. The van der Waals surface area contributed by atoms with Crippen molar-refractivity contribution in [3.8, 4) is 0 Å². The second-order valence-corrected chi connectivity index (χ2v) is 8.67. The minimum absolute atomic E-state index is 0.0125. The van der Waals surface area contributed by atoms with Gasteiger partial charge in [-0.3, -0.25) is 5.10 Å². The topological polar surface area (TPSA) is 111 Å². The molecule has 0 fully saturated rings. The van der Waals surface area contributed by atoms with E-state index in [1.165, 1.54) is 11.0 Å². The molecule has 0 atom stereocenters. The molecule has 198 valence electrons. The number of carbonyl (C=O) groups is 1. The summed E-state index contributed by atoms with van der Waals surface area (Å²) in [7, 11) is 1.61. The number of benzene rings is 2. The van der Waals surface area contributed by atoms with Crippen molar-refractivity contribution in [3.63, 3.8) is 0 Å². The summed E-state index contributed by atoms with van der Waals surface area (Å²) in [6.07, 6.45) is -3.65. The van der Waals surface area contributed by atoms with Crippen LogP contribution >= 0.6 is 11.6 Å². The number of halogens is 5. The van der Waals surface area contributed by atoms with Gasteiger partial charge in [0.2, 0.25) is 5.95 Å². The van der Waals surface area contributed by atoms with E-state index in [9.17, 15) is 22.4 Å². The molecule has 2 heterocycles. The van der Waals surface area contributed by atoms with Gasteiger partial charge in [0, 0.05) is 35.9 Å². The van der Waals surface area contributed by atoms with Crippen molar-refractivity contribution in [1.29, 1.82) is 0 Å². The van der Waals surface area contributed by atoms with E-state index in [4.69, 9.17) is 11.6 Å². The number of aryl methyl sites for hydroxylation is 2. The molecule has 0 unspecified atom stereocenters. The van der Waals surface area contributed by atoms with Gasteiger partial charge in [0.05, 0.1) is 16.8 Å². The number of rotatable bonds is 6. The number of nitrogens with one attached hydrogen (secondary N) is 4. The Bertz CT molecular complexity index is 1490. The van der Waals surface area contributed by atoms with Crippen molar-refractivity contribution < 1.29 is 22.4 Å². The zero-order chi connectivity index (χ0) is 27.6. The van der Waals surface area contributed by atoms with Gasteiger partial charge in [-0.05, 0) is 49.7 Å². The maximum Gasteiger partial charge on any atom is 0.417 e. The van der Waals surface area contributed by atoms with Gasteiger partial charge in [-0.2, -0.15) is 23.3 Å². The smallest absolute Gasteiger partial charge is 0.324 e. The van der Waals surface area contributed by atoms with Gasteiger partial charge < -0.3 is 20.9 Å². The van der Waals surface area contributed by atoms with Crippen LogP contribution < -0.4 is 20.9 Å². The van der Waals surface area contributed by atoms with E-state index in [0.717, 1.165) is 29.6 Å². The quantitative estimate of drug-likeness (QED) is 0.198. The van der Waals surface area contributed by atoms with Crippen LogP contribution in [0.1, 0.15) is 16.8 Å². The first-order chi connectivity index (χ1) is 17.9. The monoisotopic (exact) mass is 548 g/mol. The van der Waals surface area contributed by atoms with E-state index in [1.807, 2.05) is 6.92 Å². The molecular weight excluding hydrogens is 528 g/mol. The molecule has 4 aromatic rings. The third kappa shape index (κ3) is 6.11. The standard InChI is InChI=1S/C24H21ClF4N8O/c1-12-4-5-15(32-23(38)31-14-6-7-17(25)16(9-14)24(27,28)29)10-19(12)33-22-30-11-18(26)21(34-22)37(3)20-8-13(2)35-36-20/h4-11H,1-3H3,(H,35,36)(H,30,33,34)(H2,31,32,38). The van der Waals surface area contributed by atoms with Crippen LogP contribution in [0.25, 0.3) is 0 Å². The number of anilines is 6. The van der Waals surface area contributed by atoms with Gasteiger partial charge in [0.1, 0.15) is 0 Å². The van der Waals surface area contributed by atoms with E-state index in [1.54, 1.807) is 38.2 Å². The Kier molecular flexibility index (Phi) is 7.39. The average molecular weight is 549 g/mol. The first-order valence-electron chi connectivity index (χ1n) is 11.0. The Morgan fingerprint density at radius 1 is 1.05 bits per heavy atom. The number of nitrogens with zero attached hydrogens (tertiary/aromatic N) is 4. The Morgan fingerprint density at radius 2 is 1.74 bits per heavy atom. The van der Waals surface area contributed by atoms with Crippen molar-refractivity contribution in [2.75, 3.05) is 27.9 Å². The van der Waals surface area contributed by atoms with Gasteiger partial charge in [-0.25, -0.2) is 14.2 Å². The van der Waals surface area contributed by atoms with Gasteiger partial charge in [0.15, 0.2) is 17.5 Å². The summed E-state index contributed by atoms with van der Waals surface area (Å²) in [5.74, 6) is -0.117. The molecule has 0 aliphatic heterocycles. The highest BCUT2D eigenvalue weighted by Crippen LogP contribution is 2.36. The molecule has 2 amide bonds. The lowest BCUT2D eigenvalue weighted by Crippen LogP contribution is -2.20. The third-order valence-electron chi connectivity index (χ3n) is 5.35. The molecule has 2 aromatic heterocycles. The number of hydrogen-bond donors (Lipinski definition) is 4. The van der Waals surface area contributed by atoms with Gasteiger partial charge in [-0.15, -0.1) is 0 Å². The lowest BCUT2D eigenvalue weighted by Gasteiger charge is -2.17. The normalized spacial score (nSPS) is 11.3. The molecule has 0 aliphatic rings. The molecule has 4 N–H and O–H groups in total. The number of aromatic nitrogens is 4. The maximum absolute atomic E-state index is 14.5. The number of aromatic amines is 1. The molecule has 0 saturated carbocycles. The van der Waals surface area contributed by atoms with Crippen molar-refractivity contribution >= 4 is 52.3 Å². The predicted octanol–water partition coefficient (Wildman–Crippen LogP) is 6.78. The van der Waals surface area contributed by atoms with Crippen LogP contribution in [0, 0.1) is 19.7 Å². The highest BCUT2D eigenvalue weighted by atomic mass is 35.5. The zero-order valence-electron chi connectivity index (χ0n) is 20.2. The van der Waals surface area contributed by atoms with E-state index in [2.05, 4.69) is 36.1 Å². The molecule has 0 bridgehead atoms. The first-order valence-corrected chi connectivity index (χ1v) is 11.4. The second kappa shape index (κ2) is 10.5. The zero-order valence-corrected chi connectivity index (χ0v) is 21.0. The summed E-state index contributed by atoms with van der Waals surface area (Å²) in [6, 6.07) is 8.89. The molecule has 9 nitrogen and oxygen atoms in total. The van der Waals surface area contributed by atoms with E-state index in [-0.39, 0.29) is 17.5 Å². The largest absolute Gasteiger partial charge is 0.417 e. The summed E-state index contributed by atoms with van der Waals surface area (Å²) in [5.41, 5.74) is 1.23. The highest BCUT2D eigenvalue weighted by Gasteiger charge is 2.33. The van der Waals surface area contributed by atoms with Crippen molar-refractivity contribution in [2.24, 2.45) is 0 Å². The Labute approximate surface area is 219 Å². The summed E-state index contributed by atoms with van der Waals surface area (Å²) < 4.78 is 53.8. The lowest BCUT2D eigenvalue weighted by molar-refractivity contribution is -0.137. The van der Waals surface area contributed by atoms with E-state index in [0.29, 0.717) is 17.2 Å². The van der Waals surface area contributed by atoms with Crippen molar-refractivity contribution in [1.82, 2.24) is 20.2 Å². The van der Waals surface area contributed by atoms with Crippen LogP contribution in [-0.4, -0.2) is 33.2 Å². The second-order valence-electron chi connectivity index (χ2n) is 8.26. The van der Waals surface area contributed by atoms with E-state index < -0.39 is 28.6 Å². The minimum atomic E-state index is -4.67. The van der Waals surface area contributed by atoms with Crippen LogP contribution in [0.4, 0.5) is 57.0 Å². The molecule has 4 rings (SSSR count). The van der Waals surface area contributed by atoms with Crippen LogP contribution in [0.5, 0.6) is 0 Å². The summed E-state index contributed by atoms with van der Waals surface area (Å²) >= 11 is 5.62. The molecule has 0 saturated heterocycles. The number of hydrogen-bond acceptors (Lipinski definition) is 6. The molecule has 38 heavy (non-hydrogen) atoms. The molecule has 0 spiro atoms. The highest BCUT2D eigenvalue weighted by molar-refractivity contribution is 6.31. The Hall–Kier alpha value is -4.39. The molecule has 0 aliphatic carbocycles. The number of alkyl halides is 3. The van der Waals surface area contributed by atoms with Gasteiger partial charge >= 0.3 is 12.2 Å². The molecular formula is C24H21ClF4N8O. The SMILES string of the molecule is Cc1cc(N(C)c2nc(Nc3cc(NC(=O)Nc4ccc(Cl)c(C(F)(F)F)c4)ccc3C)ncc2F)n[nH]1. The number of amides is 2. The average Bonchev–Trinajstić information content (AvgIpc) is 3.28. The molecule has 14 heteroatoms. The fourth-order valence-electron chi connectivity index (χ4n) is 3.41. The fourth-order valence-corrected chi connectivity index (χ4v) is 3.63. The van der Waals surface area contributed by atoms with Crippen molar-refractivity contribution in [3.05, 3.63) is 76.3 Å². The number of carbonyl (C=O) groups excluding carboxylic acids is 1. The van der Waals surface area contributed by atoms with Gasteiger partial charge in [-0.1, -0.05) is 17.7 Å². The fraction of sp³-hybridized carbons (Fsp3) is 0.167. The lowest BCUT2D eigenvalue weighted by atomic mass is 10.2. The third-order valence-corrected chi connectivity index (χ3v) is 5.68. The van der Waals surface area contributed by atoms with Crippen LogP contribution in [-0.2, 0) is 6.18 Å². The Balaban J connectivity index is 1.49. The Morgan fingerprint density at radius 3 is 2.39 bits per heavy atom. The molecule has 0 radical (unpaired) electrons. The maximum atomic E-state index is 14.5. The van der Waals surface area contributed by atoms with Crippen LogP contribution in [0.2, 0.25) is 5.02 Å². The van der Waals surface area contributed by atoms with E-state index >= 15 is 0 Å². The van der Waals surface area contributed by atoms with Crippen molar-refractivity contribution in [2.45, 2.75) is 20.0 Å². The van der Waals surface area contributed by atoms with Crippen LogP contribution in [0.15, 0.2) is 48.7 Å². The number of H-pyrrole nitrogens is 1. The first kappa shape index (κ1) is 26.7.